The normalized spacial score (nSPS) is 13.4. The topological polar surface area (TPSA) is 67.8 Å². The van der Waals surface area contributed by atoms with Crippen molar-refractivity contribution < 1.29 is 19.4 Å². The van der Waals surface area contributed by atoms with Gasteiger partial charge in [0.25, 0.3) is 0 Å². The lowest BCUT2D eigenvalue weighted by Crippen LogP contribution is -2.18. The number of amides is 1. The van der Waals surface area contributed by atoms with Crippen molar-refractivity contribution in [2.45, 2.75) is 32.6 Å². The zero-order valence-electron chi connectivity index (χ0n) is 15.1. The van der Waals surface area contributed by atoms with Crippen LogP contribution in [0.25, 0.3) is 0 Å². The third-order valence-electron chi connectivity index (χ3n) is 4.16. The molecule has 2 aromatic carbocycles. The summed E-state index contributed by atoms with van der Waals surface area (Å²) in [5, 5.41) is 13.2. The Hall–Kier alpha value is -2.40. The summed E-state index contributed by atoms with van der Waals surface area (Å²) < 4.78 is 11.0. The third-order valence-corrected chi connectivity index (χ3v) is 4.44. The number of carbonyl (C=O) groups is 1. The quantitative estimate of drug-likeness (QED) is 0.785. The molecule has 0 fully saturated rings. The van der Waals surface area contributed by atoms with E-state index in [-0.39, 0.29) is 23.5 Å². The number of anilines is 1. The number of hydrogen-bond donors (Lipinski definition) is 2. The molecule has 1 aliphatic rings. The summed E-state index contributed by atoms with van der Waals surface area (Å²) in [6.07, 6.45) is 0.107. The van der Waals surface area contributed by atoms with E-state index in [1.807, 2.05) is 6.07 Å². The van der Waals surface area contributed by atoms with Gasteiger partial charge < -0.3 is 19.9 Å². The number of rotatable bonds is 3. The second kappa shape index (κ2) is 7.08. The largest absolute Gasteiger partial charge is 0.506 e. The molecule has 6 heteroatoms. The molecule has 1 heterocycles. The van der Waals surface area contributed by atoms with E-state index >= 15 is 0 Å². The van der Waals surface area contributed by atoms with Crippen molar-refractivity contribution >= 4 is 23.2 Å². The number of ether oxygens (including phenoxy) is 2. The van der Waals surface area contributed by atoms with Crippen molar-refractivity contribution in [1.82, 2.24) is 0 Å². The Labute approximate surface area is 157 Å². The maximum Gasteiger partial charge on any atom is 0.228 e. The molecule has 1 aliphatic heterocycles. The van der Waals surface area contributed by atoms with Gasteiger partial charge in [0.2, 0.25) is 5.91 Å². The number of hydrogen-bond acceptors (Lipinski definition) is 4. The van der Waals surface area contributed by atoms with E-state index in [1.165, 1.54) is 0 Å². The summed E-state index contributed by atoms with van der Waals surface area (Å²) in [7, 11) is 0. The molecular weight excluding hydrogens is 354 g/mol. The lowest BCUT2D eigenvalue weighted by Gasteiger charge is -2.21. The average Bonchev–Trinajstić information content (AvgIpc) is 2.56. The molecule has 5 nitrogen and oxygen atoms in total. The van der Waals surface area contributed by atoms with Crippen molar-refractivity contribution in [2.24, 2.45) is 0 Å². The van der Waals surface area contributed by atoms with Crippen LogP contribution in [-0.2, 0) is 16.6 Å². The molecule has 3 rings (SSSR count). The summed E-state index contributed by atoms with van der Waals surface area (Å²) >= 11 is 6.21. The summed E-state index contributed by atoms with van der Waals surface area (Å²) in [6, 6.07) is 8.69. The first kappa shape index (κ1) is 18.4. The molecule has 0 bridgehead atoms. The first-order valence-corrected chi connectivity index (χ1v) is 8.83. The fraction of sp³-hybridized carbons (Fsp3) is 0.350. The Morgan fingerprint density at radius 1 is 1.19 bits per heavy atom. The van der Waals surface area contributed by atoms with E-state index in [2.05, 4.69) is 26.1 Å². The number of nitrogens with one attached hydrogen (secondary N) is 1. The summed E-state index contributed by atoms with van der Waals surface area (Å²) in [5.41, 5.74) is 2.04. The second-order valence-electron chi connectivity index (χ2n) is 7.31. The monoisotopic (exact) mass is 375 g/mol. The highest BCUT2D eigenvalue weighted by Gasteiger charge is 2.19. The second-order valence-corrected chi connectivity index (χ2v) is 7.72. The highest BCUT2D eigenvalue weighted by atomic mass is 35.5. The SMILES string of the molecule is CC(C)(C)c1ccc(O)c(NC(=O)Cc2cc(Cl)c3c(c2)OCCO3)c1. The van der Waals surface area contributed by atoms with E-state index in [1.54, 1.807) is 24.3 Å². The van der Waals surface area contributed by atoms with Crippen molar-refractivity contribution in [3.63, 3.8) is 0 Å². The number of carbonyl (C=O) groups excluding carboxylic acids is 1. The van der Waals surface area contributed by atoms with Gasteiger partial charge in [-0.25, -0.2) is 0 Å². The van der Waals surface area contributed by atoms with Gasteiger partial charge in [0.1, 0.15) is 19.0 Å². The van der Waals surface area contributed by atoms with Gasteiger partial charge in [-0.3, -0.25) is 4.79 Å². The minimum absolute atomic E-state index is 0.0338. The minimum Gasteiger partial charge on any atom is -0.506 e. The molecular formula is C20H22ClNO4. The number of fused-ring (bicyclic) bond motifs is 1. The van der Waals surface area contributed by atoms with Gasteiger partial charge in [0, 0.05) is 0 Å². The number of aromatic hydroxyl groups is 1. The molecule has 2 aromatic rings. The predicted octanol–water partition coefficient (Wildman–Crippen LogP) is 4.30. The summed E-state index contributed by atoms with van der Waals surface area (Å²) in [4.78, 5) is 12.4. The first-order valence-electron chi connectivity index (χ1n) is 8.45. The highest BCUT2D eigenvalue weighted by Crippen LogP contribution is 2.38. The molecule has 26 heavy (non-hydrogen) atoms. The van der Waals surface area contributed by atoms with Gasteiger partial charge in [0.15, 0.2) is 11.5 Å². The van der Waals surface area contributed by atoms with Gasteiger partial charge in [-0.1, -0.05) is 38.4 Å². The van der Waals surface area contributed by atoms with Crippen LogP contribution in [0.4, 0.5) is 5.69 Å². The van der Waals surface area contributed by atoms with Crippen molar-refractivity contribution in [2.75, 3.05) is 18.5 Å². The zero-order valence-corrected chi connectivity index (χ0v) is 15.8. The van der Waals surface area contributed by atoms with Crippen LogP contribution in [0, 0.1) is 0 Å². The Morgan fingerprint density at radius 3 is 2.65 bits per heavy atom. The van der Waals surface area contributed by atoms with E-state index in [0.717, 1.165) is 5.56 Å². The van der Waals surface area contributed by atoms with Crippen LogP contribution < -0.4 is 14.8 Å². The number of halogens is 1. The zero-order chi connectivity index (χ0) is 18.9. The molecule has 0 unspecified atom stereocenters. The van der Waals surface area contributed by atoms with E-state index in [9.17, 15) is 9.90 Å². The molecule has 0 radical (unpaired) electrons. The van der Waals surface area contributed by atoms with Gasteiger partial charge in [-0.2, -0.15) is 0 Å². The van der Waals surface area contributed by atoms with Crippen LogP contribution in [0.1, 0.15) is 31.9 Å². The molecule has 2 N–H and O–H groups in total. The van der Waals surface area contributed by atoms with Crippen molar-refractivity contribution in [3.8, 4) is 17.2 Å². The Morgan fingerprint density at radius 2 is 1.92 bits per heavy atom. The number of phenols is 1. The molecule has 0 aliphatic carbocycles. The minimum atomic E-state index is -0.251. The van der Waals surface area contributed by atoms with Crippen LogP contribution in [0.2, 0.25) is 5.02 Å². The number of phenolic OH excluding ortho intramolecular Hbond substituents is 1. The predicted molar refractivity (Wildman–Crippen MR) is 102 cm³/mol. The van der Waals surface area contributed by atoms with E-state index in [4.69, 9.17) is 21.1 Å². The summed E-state index contributed by atoms with van der Waals surface area (Å²) in [5.74, 6) is 0.840. The molecule has 0 saturated carbocycles. The molecule has 0 saturated heterocycles. The molecule has 0 atom stereocenters. The van der Waals surface area contributed by atoms with E-state index in [0.29, 0.717) is 41.0 Å². The summed E-state index contributed by atoms with van der Waals surface area (Å²) in [6.45, 7) is 7.12. The standard InChI is InChI=1S/C20H22ClNO4/c1-20(2,3)13-4-5-16(23)15(11-13)22-18(24)10-12-8-14(21)19-17(9-12)25-6-7-26-19/h4-5,8-9,11,23H,6-7,10H2,1-3H3,(H,22,24). The van der Waals surface area contributed by atoms with Crippen molar-refractivity contribution in [3.05, 3.63) is 46.5 Å². The third kappa shape index (κ3) is 4.05. The first-order chi connectivity index (χ1) is 12.2. The Balaban J connectivity index is 1.77. The fourth-order valence-corrected chi connectivity index (χ4v) is 3.04. The molecule has 0 aromatic heterocycles. The van der Waals surface area contributed by atoms with Crippen LogP contribution in [-0.4, -0.2) is 24.2 Å². The van der Waals surface area contributed by atoms with Gasteiger partial charge in [0.05, 0.1) is 17.1 Å². The van der Waals surface area contributed by atoms with Crippen LogP contribution >= 0.6 is 11.6 Å². The smallest absolute Gasteiger partial charge is 0.228 e. The molecule has 138 valence electrons. The molecule has 1 amide bonds. The average molecular weight is 376 g/mol. The van der Waals surface area contributed by atoms with Crippen LogP contribution in [0.15, 0.2) is 30.3 Å². The number of benzene rings is 2. The fourth-order valence-electron chi connectivity index (χ4n) is 2.75. The van der Waals surface area contributed by atoms with Crippen LogP contribution in [0.3, 0.4) is 0 Å². The van der Waals surface area contributed by atoms with Crippen molar-refractivity contribution in [1.29, 1.82) is 0 Å². The maximum atomic E-state index is 12.4. The highest BCUT2D eigenvalue weighted by molar-refractivity contribution is 6.32. The lowest BCUT2D eigenvalue weighted by molar-refractivity contribution is -0.115. The van der Waals surface area contributed by atoms with Gasteiger partial charge >= 0.3 is 0 Å². The maximum absolute atomic E-state index is 12.4. The van der Waals surface area contributed by atoms with E-state index < -0.39 is 0 Å². The van der Waals surface area contributed by atoms with Gasteiger partial charge in [-0.05, 0) is 40.8 Å². The lowest BCUT2D eigenvalue weighted by atomic mass is 9.87. The Kier molecular flexibility index (Phi) is 5.01. The Bertz CT molecular complexity index is 842. The van der Waals surface area contributed by atoms with Crippen LogP contribution in [0.5, 0.6) is 17.2 Å². The molecule has 0 spiro atoms. The van der Waals surface area contributed by atoms with Gasteiger partial charge in [-0.15, -0.1) is 0 Å².